The van der Waals surface area contributed by atoms with Gasteiger partial charge < -0.3 is 14.2 Å². The fraction of sp³-hybridized carbons (Fsp3) is 0.348. The lowest BCUT2D eigenvalue weighted by Crippen LogP contribution is -2.38. The van der Waals surface area contributed by atoms with Crippen LogP contribution in [-0.2, 0) is 22.7 Å². The lowest BCUT2D eigenvalue weighted by molar-refractivity contribution is 0.0322. The van der Waals surface area contributed by atoms with Crippen LogP contribution in [0.2, 0.25) is 0 Å². The third-order valence-electron chi connectivity index (χ3n) is 5.52. The molecule has 6 nitrogen and oxygen atoms in total. The van der Waals surface area contributed by atoms with E-state index in [1.165, 1.54) is 11.1 Å². The average Bonchev–Trinajstić information content (AvgIpc) is 3.44. The van der Waals surface area contributed by atoms with E-state index in [0.717, 1.165) is 55.7 Å². The molecule has 2 aliphatic rings. The maximum absolute atomic E-state index is 5.92. The zero-order valence-corrected chi connectivity index (χ0v) is 16.4. The summed E-state index contributed by atoms with van der Waals surface area (Å²) in [5.74, 6) is 1.80. The van der Waals surface area contributed by atoms with Gasteiger partial charge in [-0.1, -0.05) is 6.07 Å². The first-order valence-corrected chi connectivity index (χ1v) is 10.1. The van der Waals surface area contributed by atoms with Gasteiger partial charge in [-0.25, -0.2) is 4.98 Å². The van der Waals surface area contributed by atoms with Crippen LogP contribution in [0.4, 0.5) is 0 Å². The van der Waals surface area contributed by atoms with Crippen molar-refractivity contribution in [2.45, 2.75) is 13.2 Å². The number of benzene rings is 2. The molecule has 1 saturated heterocycles. The number of morpholine rings is 1. The summed E-state index contributed by atoms with van der Waals surface area (Å²) in [6.07, 6.45) is 3.84. The van der Waals surface area contributed by atoms with Gasteiger partial charge in [-0.05, 0) is 47.5 Å². The number of fused-ring (bicyclic) bond motifs is 1. The summed E-state index contributed by atoms with van der Waals surface area (Å²) >= 11 is 0. The maximum Gasteiger partial charge on any atom is 0.144 e. The number of aromatic nitrogens is 2. The summed E-state index contributed by atoms with van der Waals surface area (Å²) in [7, 11) is 0. The second-order valence-electron chi connectivity index (χ2n) is 7.39. The van der Waals surface area contributed by atoms with E-state index in [4.69, 9.17) is 14.2 Å². The van der Waals surface area contributed by atoms with E-state index in [-0.39, 0.29) is 0 Å². The molecule has 29 heavy (non-hydrogen) atoms. The molecule has 1 aromatic heterocycles. The molecule has 3 heterocycles. The Labute approximate surface area is 170 Å². The second-order valence-corrected chi connectivity index (χ2v) is 7.39. The van der Waals surface area contributed by atoms with Crippen molar-refractivity contribution >= 4 is 0 Å². The molecule has 3 aromatic rings. The molecule has 0 amide bonds. The number of imidazole rings is 1. The molecule has 0 atom stereocenters. The molecule has 0 unspecified atom stereocenters. The summed E-state index contributed by atoms with van der Waals surface area (Å²) in [4.78, 5) is 6.95. The van der Waals surface area contributed by atoms with Crippen LogP contribution in [0.25, 0.3) is 17.1 Å². The van der Waals surface area contributed by atoms with E-state index in [0.29, 0.717) is 19.8 Å². The van der Waals surface area contributed by atoms with Gasteiger partial charge in [0.25, 0.3) is 0 Å². The first-order valence-electron chi connectivity index (χ1n) is 10.1. The van der Waals surface area contributed by atoms with Gasteiger partial charge >= 0.3 is 0 Å². The molecule has 150 valence electrons. The van der Waals surface area contributed by atoms with E-state index in [1.807, 2.05) is 24.5 Å². The fourth-order valence-corrected chi connectivity index (χ4v) is 3.85. The van der Waals surface area contributed by atoms with Gasteiger partial charge in [0.05, 0.1) is 26.4 Å². The van der Waals surface area contributed by atoms with Crippen molar-refractivity contribution in [1.82, 2.24) is 14.5 Å². The smallest absolute Gasteiger partial charge is 0.144 e. The predicted molar refractivity (Wildman–Crippen MR) is 110 cm³/mol. The van der Waals surface area contributed by atoms with Gasteiger partial charge in [0.2, 0.25) is 0 Å². The van der Waals surface area contributed by atoms with Crippen molar-refractivity contribution in [2.75, 3.05) is 39.5 Å². The topological polar surface area (TPSA) is 48.8 Å². The highest BCUT2D eigenvalue weighted by Crippen LogP contribution is 2.27. The molecule has 0 bridgehead atoms. The molecule has 5 rings (SSSR count). The van der Waals surface area contributed by atoms with Crippen LogP contribution in [0.15, 0.2) is 54.9 Å². The number of rotatable bonds is 6. The maximum atomic E-state index is 5.92. The quantitative estimate of drug-likeness (QED) is 0.645. The van der Waals surface area contributed by atoms with Crippen molar-refractivity contribution in [2.24, 2.45) is 0 Å². The van der Waals surface area contributed by atoms with Crippen molar-refractivity contribution in [3.8, 4) is 22.8 Å². The molecule has 2 aromatic carbocycles. The Hall–Kier alpha value is -2.67. The summed E-state index contributed by atoms with van der Waals surface area (Å²) in [5.41, 5.74) is 4.69. The minimum Gasteiger partial charge on any atom is -0.492 e. The first kappa shape index (κ1) is 18.4. The van der Waals surface area contributed by atoms with Crippen LogP contribution in [-0.4, -0.2) is 53.9 Å². The van der Waals surface area contributed by atoms with E-state index >= 15 is 0 Å². The summed E-state index contributed by atoms with van der Waals surface area (Å²) in [6, 6.07) is 14.6. The van der Waals surface area contributed by atoms with Gasteiger partial charge in [0.1, 0.15) is 18.2 Å². The normalized spacial score (nSPS) is 16.7. The molecule has 0 radical (unpaired) electrons. The highest BCUT2D eigenvalue weighted by molar-refractivity contribution is 5.60. The molecular weight excluding hydrogens is 366 g/mol. The molecule has 2 aliphatic heterocycles. The average molecular weight is 391 g/mol. The largest absolute Gasteiger partial charge is 0.492 e. The number of ether oxygens (including phenoxy) is 3. The Kier molecular flexibility index (Phi) is 5.30. The van der Waals surface area contributed by atoms with Crippen LogP contribution in [0.5, 0.6) is 5.75 Å². The summed E-state index contributed by atoms with van der Waals surface area (Å²) < 4.78 is 19.0. The first-order chi connectivity index (χ1) is 14.4. The molecule has 6 heteroatoms. The van der Waals surface area contributed by atoms with Crippen LogP contribution in [0.1, 0.15) is 11.1 Å². The minimum atomic E-state index is 0.684. The molecule has 0 saturated carbocycles. The zero-order chi connectivity index (χ0) is 19.5. The SMILES string of the molecule is c1cn(-c2ccc3c(c2)COC3)c(-c2ccc(OCCN3CCOCC3)cc2)n1. The van der Waals surface area contributed by atoms with E-state index in [1.54, 1.807) is 0 Å². The molecular formula is C23H25N3O3. The standard InChI is InChI=1S/C23H25N3O3/c1-4-21(15-20-17-28-16-19(1)20)26-8-7-24-23(26)18-2-5-22(6-3-18)29-14-11-25-9-12-27-13-10-25/h1-8,15H,9-14,16-17H2. The third-order valence-corrected chi connectivity index (χ3v) is 5.52. The lowest BCUT2D eigenvalue weighted by atomic mass is 10.1. The number of hydrogen-bond acceptors (Lipinski definition) is 5. The summed E-state index contributed by atoms with van der Waals surface area (Å²) in [5, 5.41) is 0. The lowest BCUT2D eigenvalue weighted by Gasteiger charge is -2.26. The monoisotopic (exact) mass is 391 g/mol. The van der Waals surface area contributed by atoms with E-state index in [2.05, 4.69) is 44.8 Å². The fourth-order valence-electron chi connectivity index (χ4n) is 3.85. The van der Waals surface area contributed by atoms with Gasteiger partial charge in [-0.2, -0.15) is 0 Å². The van der Waals surface area contributed by atoms with Crippen molar-refractivity contribution in [3.63, 3.8) is 0 Å². The van der Waals surface area contributed by atoms with Gasteiger partial charge in [-0.15, -0.1) is 0 Å². The summed E-state index contributed by atoms with van der Waals surface area (Å²) in [6.45, 7) is 6.61. The minimum absolute atomic E-state index is 0.684. The molecule has 0 N–H and O–H groups in total. The second kappa shape index (κ2) is 8.37. The number of nitrogens with zero attached hydrogens (tertiary/aromatic N) is 3. The highest BCUT2D eigenvalue weighted by Gasteiger charge is 2.14. The van der Waals surface area contributed by atoms with Crippen LogP contribution in [0, 0.1) is 0 Å². The molecule has 0 aliphatic carbocycles. The highest BCUT2D eigenvalue weighted by atomic mass is 16.5. The van der Waals surface area contributed by atoms with Crippen molar-refractivity contribution in [3.05, 3.63) is 66.0 Å². The molecule has 1 fully saturated rings. The Morgan fingerprint density at radius 2 is 1.76 bits per heavy atom. The molecule has 0 spiro atoms. The Balaban J connectivity index is 1.27. The van der Waals surface area contributed by atoms with Crippen LogP contribution >= 0.6 is 0 Å². The van der Waals surface area contributed by atoms with Crippen LogP contribution in [0.3, 0.4) is 0 Å². The third kappa shape index (κ3) is 4.05. The van der Waals surface area contributed by atoms with Gasteiger partial charge in [0, 0.05) is 43.3 Å². The Morgan fingerprint density at radius 3 is 2.62 bits per heavy atom. The zero-order valence-electron chi connectivity index (χ0n) is 16.4. The van der Waals surface area contributed by atoms with Gasteiger partial charge in [-0.3, -0.25) is 9.47 Å². The Morgan fingerprint density at radius 1 is 0.931 bits per heavy atom. The van der Waals surface area contributed by atoms with E-state index in [9.17, 15) is 0 Å². The van der Waals surface area contributed by atoms with Gasteiger partial charge in [0.15, 0.2) is 0 Å². The van der Waals surface area contributed by atoms with Crippen LogP contribution < -0.4 is 4.74 Å². The van der Waals surface area contributed by atoms with Crippen molar-refractivity contribution in [1.29, 1.82) is 0 Å². The Bertz CT molecular complexity index is 962. The predicted octanol–water partition coefficient (Wildman–Crippen LogP) is 3.28. The van der Waals surface area contributed by atoms with Crippen molar-refractivity contribution < 1.29 is 14.2 Å². The van der Waals surface area contributed by atoms with E-state index < -0.39 is 0 Å². The number of hydrogen-bond donors (Lipinski definition) is 0.